The van der Waals surface area contributed by atoms with E-state index in [1.807, 2.05) is 42.5 Å². The SMILES string of the molecule is CN1CCC(COc2ccc3oc4c(NCC(=O)NCC(=O)NC(CCCN=C(N)N)C(=O)NC(Cc5ccc(O)cc5)C(=O)O)c5ccccc5nc4c3c2)CC1. The van der Waals surface area contributed by atoms with E-state index in [4.69, 9.17) is 25.6 Å². The number of ether oxygens (including phenoxy) is 1. The van der Waals surface area contributed by atoms with E-state index in [1.165, 1.54) is 12.1 Å². The van der Waals surface area contributed by atoms with Gasteiger partial charge < -0.3 is 57.0 Å². The van der Waals surface area contributed by atoms with Crippen LogP contribution >= 0.6 is 0 Å². The number of rotatable bonds is 18. The standard InChI is InChI=1S/C41H49N9O8/c1-50-17-14-25(15-18-50)23-57-27-12-13-33-29(20-27)37-38(58-33)36(28-5-2-3-6-30(28)48-37)46-21-34(52)45-22-35(53)47-31(7-4-16-44-41(42)43)39(54)49-32(40(55)56)19-24-8-10-26(51)11-9-24/h2-3,5-6,8-13,20,25,31-32,51H,4,7,14-19,21-23H2,1H3,(H,45,52)(H,46,48)(H,47,53)(H,49,54)(H,55,56)(H4,42,43,44). The van der Waals surface area contributed by atoms with Crippen molar-refractivity contribution in [3.8, 4) is 11.5 Å². The number of anilines is 1. The van der Waals surface area contributed by atoms with Gasteiger partial charge in [-0.1, -0.05) is 30.3 Å². The normalized spacial score (nSPS) is 14.4. The number of para-hydroxylation sites is 1. The number of furan rings is 1. The number of hydrogen-bond donors (Lipinski definition) is 8. The molecule has 1 fully saturated rings. The fraction of sp³-hybridized carbons (Fsp3) is 0.366. The van der Waals surface area contributed by atoms with Gasteiger partial charge in [0.15, 0.2) is 11.5 Å². The van der Waals surface area contributed by atoms with Crippen LogP contribution in [0.5, 0.6) is 11.5 Å². The van der Waals surface area contributed by atoms with Crippen molar-refractivity contribution >= 4 is 68.3 Å². The largest absolute Gasteiger partial charge is 0.508 e. The highest BCUT2D eigenvalue weighted by atomic mass is 16.5. The fourth-order valence-corrected chi connectivity index (χ4v) is 6.85. The second-order valence-corrected chi connectivity index (χ2v) is 14.5. The lowest BCUT2D eigenvalue weighted by Gasteiger charge is -2.28. The average molecular weight is 796 g/mol. The second-order valence-electron chi connectivity index (χ2n) is 14.5. The van der Waals surface area contributed by atoms with Crippen LogP contribution in [0.15, 0.2) is 76.1 Å². The lowest BCUT2D eigenvalue weighted by molar-refractivity contribution is -0.142. The molecular weight excluding hydrogens is 747 g/mol. The number of nitrogens with zero attached hydrogens (tertiary/aromatic N) is 3. The lowest BCUT2D eigenvalue weighted by atomic mass is 9.98. The number of carboxylic acid groups (broad SMARTS) is 1. The van der Waals surface area contributed by atoms with Gasteiger partial charge in [0, 0.05) is 18.4 Å². The van der Waals surface area contributed by atoms with Crippen LogP contribution in [0.3, 0.4) is 0 Å². The highest BCUT2D eigenvalue weighted by molar-refractivity contribution is 6.14. The summed E-state index contributed by atoms with van der Waals surface area (Å²) in [5.41, 5.74) is 14.3. The zero-order valence-corrected chi connectivity index (χ0v) is 32.2. The first kappa shape index (κ1) is 41.0. The van der Waals surface area contributed by atoms with Crippen LogP contribution in [0.2, 0.25) is 0 Å². The van der Waals surface area contributed by atoms with Gasteiger partial charge in [0.1, 0.15) is 34.7 Å². The summed E-state index contributed by atoms with van der Waals surface area (Å²) in [5.74, 6) is -2.13. The van der Waals surface area contributed by atoms with Crippen LogP contribution in [0, 0.1) is 5.92 Å². The molecular formula is C41H49N9O8. The molecule has 3 aromatic carbocycles. The number of phenols is 1. The Labute approximate surface area is 334 Å². The second kappa shape index (κ2) is 19.0. The minimum Gasteiger partial charge on any atom is -0.508 e. The number of phenolic OH excluding ortho intramolecular Hbond substituents is 1. The van der Waals surface area contributed by atoms with Crippen molar-refractivity contribution in [3.63, 3.8) is 0 Å². The molecule has 3 heterocycles. The predicted molar refractivity (Wildman–Crippen MR) is 219 cm³/mol. The van der Waals surface area contributed by atoms with Crippen molar-refractivity contribution in [1.82, 2.24) is 25.8 Å². The third-order valence-electron chi connectivity index (χ3n) is 10.0. The summed E-state index contributed by atoms with van der Waals surface area (Å²) in [7, 11) is 2.13. The van der Waals surface area contributed by atoms with Gasteiger partial charge in [0.2, 0.25) is 17.7 Å². The molecule has 0 spiro atoms. The molecule has 2 unspecified atom stereocenters. The van der Waals surface area contributed by atoms with Gasteiger partial charge in [-0.05, 0) is 93.7 Å². The summed E-state index contributed by atoms with van der Waals surface area (Å²) in [6, 6.07) is 16.6. The number of fused-ring (bicyclic) bond motifs is 4. The number of amides is 3. The molecule has 17 heteroatoms. The summed E-state index contributed by atoms with van der Waals surface area (Å²) >= 11 is 0. The number of guanidine groups is 1. The van der Waals surface area contributed by atoms with E-state index in [2.05, 4.69) is 38.2 Å². The molecule has 0 saturated carbocycles. The number of carboxylic acids is 1. The quantitative estimate of drug-likeness (QED) is 0.0361. The molecule has 0 radical (unpaired) electrons. The predicted octanol–water partition coefficient (Wildman–Crippen LogP) is 2.44. The summed E-state index contributed by atoms with van der Waals surface area (Å²) in [4.78, 5) is 62.7. The topological polar surface area (TPSA) is 260 Å². The molecule has 2 atom stereocenters. The van der Waals surface area contributed by atoms with E-state index in [9.17, 15) is 29.4 Å². The van der Waals surface area contributed by atoms with E-state index in [1.54, 1.807) is 12.1 Å². The van der Waals surface area contributed by atoms with Crippen molar-refractivity contribution in [2.75, 3.05) is 51.7 Å². The van der Waals surface area contributed by atoms with Crippen LogP contribution in [0.4, 0.5) is 5.69 Å². The maximum Gasteiger partial charge on any atom is 0.326 e. The minimum atomic E-state index is -1.33. The van der Waals surface area contributed by atoms with Crippen LogP contribution in [-0.2, 0) is 25.6 Å². The molecule has 17 nitrogen and oxygen atoms in total. The van der Waals surface area contributed by atoms with Gasteiger partial charge in [-0.25, -0.2) is 9.78 Å². The van der Waals surface area contributed by atoms with Gasteiger partial charge in [0.05, 0.1) is 36.3 Å². The molecule has 1 aliphatic heterocycles. The Balaban J connectivity index is 1.09. The number of aromatic nitrogens is 1. The first-order valence-corrected chi connectivity index (χ1v) is 19.2. The number of carbonyl (C=O) groups is 4. The Kier molecular flexibility index (Phi) is 13.4. The molecule has 5 aromatic rings. The monoisotopic (exact) mass is 795 g/mol. The molecule has 58 heavy (non-hydrogen) atoms. The third kappa shape index (κ3) is 10.8. The van der Waals surface area contributed by atoms with Gasteiger partial charge in [-0.3, -0.25) is 19.4 Å². The molecule has 10 N–H and O–H groups in total. The van der Waals surface area contributed by atoms with Crippen molar-refractivity contribution in [3.05, 3.63) is 72.3 Å². The van der Waals surface area contributed by atoms with Gasteiger partial charge in [0.25, 0.3) is 0 Å². The number of hydrogen-bond acceptors (Lipinski definition) is 11. The number of nitrogens with one attached hydrogen (secondary N) is 4. The lowest BCUT2D eigenvalue weighted by Crippen LogP contribution is -2.53. The highest BCUT2D eigenvalue weighted by Gasteiger charge is 2.27. The highest BCUT2D eigenvalue weighted by Crippen LogP contribution is 2.38. The molecule has 6 rings (SSSR count). The van der Waals surface area contributed by atoms with E-state index in [0.29, 0.717) is 46.0 Å². The number of benzene rings is 3. The number of carbonyl (C=O) groups excluding carboxylic acids is 3. The first-order chi connectivity index (χ1) is 27.9. The number of pyridine rings is 1. The van der Waals surface area contributed by atoms with Gasteiger partial charge in [-0.2, -0.15) is 0 Å². The van der Waals surface area contributed by atoms with Crippen molar-refractivity contribution in [2.45, 2.75) is 44.2 Å². The Morgan fingerprint density at radius 3 is 2.47 bits per heavy atom. The van der Waals surface area contributed by atoms with Gasteiger partial charge >= 0.3 is 5.97 Å². The van der Waals surface area contributed by atoms with Crippen LogP contribution in [0.25, 0.3) is 33.0 Å². The zero-order chi connectivity index (χ0) is 41.2. The zero-order valence-electron chi connectivity index (χ0n) is 32.2. The Hall–Kier alpha value is -6.62. The number of aromatic hydroxyl groups is 1. The number of nitrogens with two attached hydrogens (primary N) is 2. The Morgan fingerprint density at radius 1 is 0.966 bits per heavy atom. The average Bonchev–Trinajstić information content (AvgIpc) is 3.57. The molecule has 1 aliphatic rings. The Morgan fingerprint density at radius 2 is 1.72 bits per heavy atom. The van der Waals surface area contributed by atoms with Crippen LogP contribution in [-0.4, -0.2) is 108 Å². The minimum absolute atomic E-state index is 0.0125. The maximum atomic E-state index is 13.3. The van der Waals surface area contributed by atoms with Crippen molar-refractivity contribution < 1.29 is 38.5 Å². The fourth-order valence-electron chi connectivity index (χ4n) is 6.85. The van der Waals surface area contributed by atoms with E-state index in [0.717, 1.165) is 42.5 Å². The molecule has 2 aromatic heterocycles. The number of aliphatic carboxylic acids is 1. The van der Waals surface area contributed by atoms with E-state index >= 15 is 0 Å². The molecule has 0 aliphatic carbocycles. The summed E-state index contributed by atoms with van der Waals surface area (Å²) in [6.45, 7) is 2.22. The summed E-state index contributed by atoms with van der Waals surface area (Å²) in [6.07, 6.45) is 2.47. The number of aliphatic imine (C=N–C) groups is 1. The molecule has 306 valence electrons. The van der Waals surface area contributed by atoms with Crippen molar-refractivity contribution in [1.29, 1.82) is 0 Å². The van der Waals surface area contributed by atoms with E-state index in [-0.39, 0.29) is 44.1 Å². The smallest absolute Gasteiger partial charge is 0.326 e. The van der Waals surface area contributed by atoms with Crippen LogP contribution in [0.1, 0.15) is 31.2 Å². The molecule has 0 bridgehead atoms. The van der Waals surface area contributed by atoms with Crippen molar-refractivity contribution in [2.24, 2.45) is 22.4 Å². The number of likely N-dealkylation sites (tertiary alicyclic amines) is 1. The summed E-state index contributed by atoms with van der Waals surface area (Å²) < 4.78 is 12.5. The third-order valence-corrected chi connectivity index (χ3v) is 10.0. The first-order valence-electron chi connectivity index (χ1n) is 19.2. The Bertz CT molecular complexity index is 2280. The van der Waals surface area contributed by atoms with Gasteiger partial charge in [-0.15, -0.1) is 0 Å². The molecule has 1 saturated heterocycles. The van der Waals surface area contributed by atoms with E-state index < -0.39 is 42.3 Å². The number of piperidine rings is 1. The summed E-state index contributed by atoms with van der Waals surface area (Å²) in [5, 5.41) is 31.7. The molecule has 3 amide bonds. The maximum absolute atomic E-state index is 13.3. The van der Waals surface area contributed by atoms with Crippen LogP contribution < -0.4 is 37.5 Å².